The fourth-order valence-corrected chi connectivity index (χ4v) is 3.35. The molecule has 1 aliphatic rings. The van der Waals surface area contributed by atoms with Crippen LogP contribution in [0.25, 0.3) is 0 Å². The Bertz CT molecular complexity index is 717. The Hall–Kier alpha value is -2.03. The number of carbonyl (C=O) groups excluding carboxylic acids is 1. The molecular formula is C14H13F3N4OS. The molecule has 0 saturated heterocycles. The molecule has 0 fully saturated rings. The van der Waals surface area contributed by atoms with Gasteiger partial charge in [0, 0.05) is 17.2 Å². The van der Waals surface area contributed by atoms with Crippen molar-refractivity contribution < 1.29 is 18.0 Å². The minimum Gasteiger partial charge on any atom is -0.309 e. The van der Waals surface area contributed by atoms with Crippen LogP contribution in [0.15, 0.2) is 35.7 Å². The largest absolute Gasteiger partial charge is 0.416 e. The molecule has 2 aromatic rings. The van der Waals surface area contributed by atoms with Gasteiger partial charge in [-0.1, -0.05) is 0 Å². The number of hydrogen-bond donors (Lipinski definition) is 0. The van der Waals surface area contributed by atoms with Crippen LogP contribution in [0.4, 0.5) is 18.9 Å². The molecule has 5 nitrogen and oxygen atoms in total. The second kappa shape index (κ2) is 5.88. The normalized spacial score (nSPS) is 16.1. The van der Waals surface area contributed by atoms with Crippen LogP contribution in [0.3, 0.4) is 0 Å². The lowest BCUT2D eigenvalue weighted by molar-refractivity contribution is -0.137. The number of carbonyl (C=O) groups is 1. The molecule has 1 atom stereocenters. The van der Waals surface area contributed by atoms with Crippen LogP contribution in [-0.2, 0) is 11.0 Å². The maximum absolute atomic E-state index is 12.9. The first kappa shape index (κ1) is 15.9. The lowest BCUT2D eigenvalue weighted by Gasteiger charge is -2.31. The molecule has 1 amide bonds. The number of nitrogens with zero attached hydrogens (tertiary/aromatic N) is 4. The second-order valence-electron chi connectivity index (χ2n) is 5.07. The summed E-state index contributed by atoms with van der Waals surface area (Å²) in [6, 6.07) is 2.86. The van der Waals surface area contributed by atoms with E-state index < -0.39 is 17.8 Å². The molecule has 0 aliphatic carbocycles. The molecule has 9 heteroatoms. The fourth-order valence-electron chi connectivity index (χ4n) is 2.38. The zero-order valence-electron chi connectivity index (χ0n) is 12.1. The molecule has 23 heavy (non-hydrogen) atoms. The van der Waals surface area contributed by atoms with Gasteiger partial charge in [0.05, 0.1) is 11.3 Å². The average molecular weight is 342 g/mol. The van der Waals surface area contributed by atoms with Gasteiger partial charge in [0.15, 0.2) is 0 Å². The van der Waals surface area contributed by atoms with E-state index in [0.29, 0.717) is 22.9 Å². The number of rotatable bonds is 2. The number of aromatic nitrogens is 3. The van der Waals surface area contributed by atoms with E-state index in [1.165, 1.54) is 40.1 Å². The number of fused-ring (bicyclic) bond motifs is 1. The molecule has 0 spiro atoms. The minimum absolute atomic E-state index is 0.299. The summed E-state index contributed by atoms with van der Waals surface area (Å²) in [4.78, 5) is 18.5. The number of amides is 1. The molecule has 1 aromatic heterocycles. The van der Waals surface area contributed by atoms with Crippen LogP contribution in [0, 0.1) is 0 Å². The summed E-state index contributed by atoms with van der Waals surface area (Å²) < 4.78 is 40.2. The number of halogens is 3. The highest BCUT2D eigenvalue weighted by Gasteiger charge is 2.34. The van der Waals surface area contributed by atoms with Crippen molar-refractivity contribution in [1.82, 2.24) is 14.8 Å². The Morgan fingerprint density at radius 1 is 1.39 bits per heavy atom. The van der Waals surface area contributed by atoms with Crippen LogP contribution < -0.4 is 4.90 Å². The molecule has 0 N–H and O–H groups in total. The highest BCUT2D eigenvalue weighted by molar-refractivity contribution is 7.99. The van der Waals surface area contributed by atoms with E-state index in [-0.39, 0.29) is 5.91 Å². The molecule has 1 unspecified atom stereocenters. The first-order valence-corrected chi connectivity index (χ1v) is 7.86. The van der Waals surface area contributed by atoms with Crippen molar-refractivity contribution >= 4 is 23.4 Å². The van der Waals surface area contributed by atoms with E-state index in [2.05, 4.69) is 10.1 Å². The van der Waals surface area contributed by atoms with Gasteiger partial charge in [-0.05, 0) is 25.1 Å². The summed E-state index contributed by atoms with van der Waals surface area (Å²) in [5.41, 5.74) is -0.460. The third kappa shape index (κ3) is 3.05. The number of alkyl halides is 3. The first-order chi connectivity index (χ1) is 10.9. The molecule has 0 radical (unpaired) electrons. The van der Waals surface area contributed by atoms with E-state index in [0.717, 1.165) is 12.1 Å². The van der Waals surface area contributed by atoms with Crippen molar-refractivity contribution in [2.75, 3.05) is 17.2 Å². The lowest BCUT2D eigenvalue weighted by Crippen LogP contribution is -2.40. The first-order valence-electron chi connectivity index (χ1n) is 6.87. The van der Waals surface area contributed by atoms with Gasteiger partial charge in [0.1, 0.15) is 18.7 Å². The van der Waals surface area contributed by atoms with Crippen molar-refractivity contribution in [1.29, 1.82) is 0 Å². The standard InChI is InChI=1S/C14H13F3N4OS/c1-9(21-8-18-7-19-21)13(22)20-4-5-23-12-3-2-10(6-11(12)20)14(15,16)17/h2-3,6-9H,4-5H2,1H3. The Morgan fingerprint density at radius 3 is 2.83 bits per heavy atom. The fraction of sp³-hybridized carbons (Fsp3) is 0.357. The van der Waals surface area contributed by atoms with Gasteiger partial charge in [-0.15, -0.1) is 11.8 Å². The SMILES string of the molecule is CC(C(=O)N1CCSc2ccc(C(F)(F)F)cc21)n1cncn1. The molecule has 1 aliphatic heterocycles. The minimum atomic E-state index is -4.44. The van der Waals surface area contributed by atoms with Crippen LogP contribution in [-0.4, -0.2) is 33.0 Å². The summed E-state index contributed by atoms with van der Waals surface area (Å²) in [7, 11) is 0. The number of thioether (sulfide) groups is 1. The predicted octanol–water partition coefficient (Wildman–Crippen LogP) is 3.00. The van der Waals surface area contributed by atoms with Gasteiger partial charge in [0.2, 0.25) is 0 Å². The summed E-state index contributed by atoms with van der Waals surface area (Å²) in [5, 5.41) is 3.92. The van der Waals surface area contributed by atoms with Crippen molar-refractivity contribution in [3.05, 3.63) is 36.4 Å². The third-order valence-electron chi connectivity index (χ3n) is 3.61. The molecule has 122 valence electrons. The maximum atomic E-state index is 12.9. The van der Waals surface area contributed by atoms with Crippen LogP contribution in [0.2, 0.25) is 0 Å². The third-order valence-corrected chi connectivity index (χ3v) is 4.65. The van der Waals surface area contributed by atoms with Gasteiger partial charge in [0.25, 0.3) is 5.91 Å². The molecular weight excluding hydrogens is 329 g/mol. The van der Waals surface area contributed by atoms with Crippen molar-refractivity contribution in [2.45, 2.75) is 24.0 Å². The zero-order valence-corrected chi connectivity index (χ0v) is 12.9. The van der Waals surface area contributed by atoms with Crippen molar-refractivity contribution in [3.8, 4) is 0 Å². The van der Waals surface area contributed by atoms with E-state index in [1.807, 2.05) is 0 Å². The number of anilines is 1. The second-order valence-corrected chi connectivity index (χ2v) is 6.21. The topological polar surface area (TPSA) is 51.0 Å². The monoisotopic (exact) mass is 342 g/mol. The average Bonchev–Trinajstić information content (AvgIpc) is 3.06. The van der Waals surface area contributed by atoms with E-state index in [9.17, 15) is 18.0 Å². The summed E-state index contributed by atoms with van der Waals surface area (Å²) >= 11 is 1.44. The van der Waals surface area contributed by atoms with Crippen LogP contribution in [0.5, 0.6) is 0 Å². The van der Waals surface area contributed by atoms with Crippen LogP contribution in [0.1, 0.15) is 18.5 Å². The van der Waals surface area contributed by atoms with Gasteiger partial charge >= 0.3 is 6.18 Å². The van der Waals surface area contributed by atoms with E-state index in [1.54, 1.807) is 6.92 Å². The molecule has 3 rings (SSSR count). The van der Waals surface area contributed by atoms with Gasteiger partial charge in [-0.2, -0.15) is 18.3 Å². The van der Waals surface area contributed by atoms with Crippen LogP contribution >= 0.6 is 11.8 Å². The van der Waals surface area contributed by atoms with Gasteiger partial charge in [-0.25, -0.2) is 9.67 Å². The van der Waals surface area contributed by atoms with Crippen molar-refractivity contribution in [2.24, 2.45) is 0 Å². The quantitative estimate of drug-likeness (QED) is 0.842. The summed E-state index contributed by atoms with van der Waals surface area (Å²) in [5.74, 6) is 0.324. The lowest BCUT2D eigenvalue weighted by atomic mass is 10.1. The highest BCUT2D eigenvalue weighted by Crippen LogP contribution is 2.40. The Balaban J connectivity index is 1.95. The Kier molecular flexibility index (Phi) is 4.05. The molecule has 1 aromatic carbocycles. The summed E-state index contributed by atoms with van der Waals surface area (Å²) in [6.07, 6.45) is -1.72. The Labute approximate surface area is 134 Å². The van der Waals surface area contributed by atoms with Gasteiger partial charge < -0.3 is 4.90 Å². The predicted molar refractivity (Wildman–Crippen MR) is 79.3 cm³/mol. The summed E-state index contributed by atoms with van der Waals surface area (Å²) in [6.45, 7) is 2.00. The molecule has 0 saturated carbocycles. The van der Waals surface area contributed by atoms with Gasteiger partial charge in [-0.3, -0.25) is 4.79 Å². The number of benzene rings is 1. The maximum Gasteiger partial charge on any atom is 0.416 e. The zero-order chi connectivity index (χ0) is 16.6. The van der Waals surface area contributed by atoms with E-state index in [4.69, 9.17) is 0 Å². The molecule has 0 bridgehead atoms. The van der Waals surface area contributed by atoms with Crippen molar-refractivity contribution in [3.63, 3.8) is 0 Å². The molecule has 2 heterocycles. The number of hydrogen-bond acceptors (Lipinski definition) is 4. The highest BCUT2D eigenvalue weighted by atomic mass is 32.2. The van der Waals surface area contributed by atoms with E-state index >= 15 is 0 Å². The Morgan fingerprint density at radius 2 is 2.17 bits per heavy atom. The smallest absolute Gasteiger partial charge is 0.309 e.